The van der Waals surface area contributed by atoms with Crippen molar-refractivity contribution in [3.8, 4) is 78.7 Å². The van der Waals surface area contributed by atoms with Crippen LogP contribution >= 0.6 is 0 Å². The van der Waals surface area contributed by atoms with Crippen LogP contribution in [-0.4, -0.2) is 31.1 Å². The average Bonchev–Trinajstić information content (AvgIpc) is 3.80. The summed E-state index contributed by atoms with van der Waals surface area (Å²) < 4.78 is 0. The Bertz CT molecular complexity index is 3350. The zero-order valence-electron chi connectivity index (χ0n) is 35.7. The van der Waals surface area contributed by atoms with E-state index in [9.17, 15) is 0 Å². The molecule has 9 aromatic carbocycles. The lowest BCUT2D eigenvalue weighted by Gasteiger charge is -2.33. The minimum Gasteiger partial charge on any atom is -0.208 e. The molecule has 0 fully saturated rings. The molecule has 302 valence electrons. The van der Waals surface area contributed by atoms with Crippen LogP contribution < -0.4 is 31.1 Å². The first-order valence-corrected chi connectivity index (χ1v) is 27.1. The van der Waals surface area contributed by atoms with Crippen LogP contribution in [0, 0.1) is 0 Å². The molecule has 10 aromatic rings. The summed E-state index contributed by atoms with van der Waals surface area (Å²) in [5, 5.41) is 8.47. The summed E-state index contributed by atoms with van der Waals surface area (Å²) in [5.74, 6) is 1.96. The molecule has 12 rings (SSSR count). The number of nitrogens with zero attached hydrogens (tertiary/aromatic N) is 3. The van der Waals surface area contributed by atoms with E-state index in [4.69, 9.17) is 15.0 Å². The fraction of sp³-hybridized carbons (Fsp3) is 0.0339. The minimum absolute atomic E-state index is 0.650. The molecule has 0 bridgehead atoms. The van der Waals surface area contributed by atoms with Gasteiger partial charge in [-0.15, -0.1) is 0 Å². The average molecular weight is 850 g/mol. The van der Waals surface area contributed by atoms with Crippen molar-refractivity contribution in [1.82, 2.24) is 15.0 Å². The quantitative estimate of drug-likeness (QED) is 0.150. The maximum absolute atomic E-state index is 5.52. The van der Waals surface area contributed by atoms with Crippen molar-refractivity contribution in [2.45, 2.75) is 13.1 Å². The number of aromatic nitrogens is 3. The van der Waals surface area contributed by atoms with Gasteiger partial charge in [0.25, 0.3) is 0 Å². The summed E-state index contributed by atoms with van der Waals surface area (Å²) in [7, 11) is -4.89. The van der Waals surface area contributed by atoms with E-state index in [1.807, 2.05) is 6.07 Å². The molecule has 5 heteroatoms. The molecule has 0 saturated heterocycles. The van der Waals surface area contributed by atoms with Gasteiger partial charge in [-0.05, 0) is 99.9 Å². The van der Waals surface area contributed by atoms with Crippen molar-refractivity contribution >= 4 is 47.3 Å². The molecule has 0 amide bonds. The van der Waals surface area contributed by atoms with Crippen LogP contribution in [-0.2, 0) is 0 Å². The van der Waals surface area contributed by atoms with Crippen LogP contribution in [0.1, 0.15) is 0 Å². The van der Waals surface area contributed by atoms with Crippen LogP contribution in [0.25, 0.3) is 78.7 Å². The Morgan fingerprint density at radius 3 is 1.12 bits per heavy atom. The molecule has 1 aromatic heterocycles. The maximum atomic E-state index is 5.52. The Hall–Kier alpha value is -7.58. The minimum atomic E-state index is -2.84. The van der Waals surface area contributed by atoms with E-state index >= 15 is 0 Å². The highest BCUT2D eigenvalue weighted by Gasteiger charge is 2.50. The molecule has 0 spiro atoms. The van der Waals surface area contributed by atoms with Crippen LogP contribution in [0.5, 0.6) is 0 Å². The molecule has 0 radical (unpaired) electrons. The van der Waals surface area contributed by atoms with Crippen molar-refractivity contribution in [1.29, 1.82) is 0 Å². The molecule has 0 atom stereocenters. The molecular formula is C59H43N3Si2. The molecule has 2 aliphatic rings. The standard InChI is InChI=1S/C59H43N3Si2/c1-63(2)53-34-20-18-32-47(53)51-38-43(36-49(55(51)63)40-22-8-3-9-23-40)58-60-57(42-26-12-5-13-27-42)61-59(62-58)44-37-50(41-24-10-4-11-25-41)56-52(39-44)48-33-19-21-35-54(48)64(56,45-28-14-6-15-29-45)46-30-16-7-17-31-46/h3-39H,1-2H3. The van der Waals surface area contributed by atoms with Gasteiger partial charge < -0.3 is 0 Å². The highest BCUT2D eigenvalue weighted by molar-refractivity contribution is 7.22. The van der Waals surface area contributed by atoms with Gasteiger partial charge in [-0.1, -0.05) is 213 Å². The van der Waals surface area contributed by atoms with Crippen molar-refractivity contribution in [3.05, 3.63) is 224 Å². The first kappa shape index (κ1) is 38.1. The number of fused-ring (bicyclic) bond motifs is 6. The summed E-state index contributed by atoms with van der Waals surface area (Å²) in [6.45, 7) is 4.98. The van der Waals surface area contributed by atoms with E-state index in [1.165, 1.54) is 75.6 Å². The molecular weight excluding hydrogens is 807 g/mol. The maximum Gasteiger partial charge on any atom is 0.181 e. The van der Waals surface area contributed by atoms with Gasteiger partial charge in [0.15, 0.2) is 25.5 Å². The molecule has 64 heavy (non-hydrogen) atoms. The van der Waals surface area contributed by atoms with Gasteiger partial charge in [-0.3, -0.25) is 0 Å². The van der Waals surface area contributed by atoms with Gasteiger partial charge in [0.2, 0.25) is 0 Å². The lowest BCUT2D eigenvalue weighted by Crippen LogP contribution is -2.73. The predicted molar refractivity (Wildman–Crippen MR) is 272 cm³/mol. The van der Waals surface area contributed by atoms with Gasteiger partial charge in [-0.25, -0.2) is 15.0 Å². The predicted octanol–water partition coefficient (Wildman–Crippen LogP) is 10.4. The lowest BCUT2D eigenvalue weighted by atomic mass is 9.95. The number of hydrogen-bond donors (Lipinski definition) is 0. The van der Waals surface area contributed by atoms with Gasteiger partial charge in [-0.2, -0.15) is 0 Å². The molecule has 2 aliphatic heterocycles. The second-order valence-electron chi connectivity index (χ2n) is 17.5. The zero-order valence-corrected chi connectivity index (χ0v) is 37.7. The monoisotopic (exact) mass is 849 g/mol. The topological polar surface area (TPSA) is 38.7 Å². The Labute approximate surface area is 376 Å². The Morgan fingerprint density at radius 2 is 0.625 bits per heavy atom. The first-order chi connectivity index (χ1) is 31.5. The SMILES string of the molecule is C[Si]1(C)c2ccccc2-c2cc(-c3nc(-c4ccccc4)nc(-c4cc(-c5ccccc5)c5c(c4)-c4ccccc4[Si]5(c4ccccc4)c4ccccc4)n3)cc(-c3ccccc3)c21. The van der Waals surface area contributed by atoms with E-state index in [0.717, 1.165) is 16.7 Å². The van der Waals surface area contributed by atoms with Gasteiger partial charge >= 0.3 is 0 Å². The van der Waals surface area contributed by atoms with Crippen molar-refractivity contribution in [3.63, 3.8) is 0 Å². The number of rotatable bonds is 7. The number of hydrogen-bond acceptors (Lipinski definition) is 3. The molecule has 3 heterocycles. The van der Waals surface area contributed by atoms with Gasteiger partial charge in [0.1, 0.15) is 8.07 Å². The van der Waals surface area contributed by atoms with E-state index in [-0.39, 0.29) is 0 Å². The van der Waals surface area contributed by atoms with Crippen molar-refractivity contribution in [2.75, 3.05) is 0 Å². The largest absolute Gasteiger partial charge is 0.208 e. The first-order valence-electron chi connectivity index (χ1n) is 22.1. The fourth-order valence-electron chi connectivity index (χ4n) is 10.8. The van der Waals surface area contributed by atoms with Crippen LogP contribution in [0.2, 0.25) is 13.1 Å². The fourth-order valence-corrected chi connectivity index (χ4v) is 19.6. The molecule has 0 unspecified atom stereocenters. The van der Waals surface area contributed by atoms with Crippen LogP contribution in [0.15, 0.2) is 224 Å². The molecule has 0 aliphatic carbocycles. The van der Waals surface area contributed by atoms with Gasteiger partial charge in [0.05, 0.1) is 0 Å². The van der Waals surface area contributed by atoms with E-state index in [0.29, 0.717) is 17.5 Å². The van der Waals surface area contributed by atoms with E-state index < -0.39 is 16.1 Å². The smallest absolute Gasteiger partial charge is 0.181 e. The Kier molecular flexibility index (Phi) is 8.97. The van der Waals surface area contributed by atoms with Crippen molar-refractivity contribution < 1.29 is 0 Å². The number of benzene rings is 9. The Morgan fingerprint density at radius 1 is 0.281 bits per heavy atom. The lowest BCUT2D eigenvalue weighted by molar-refractivity contribution is 1.07. The third kappa shape index (κ3) is 5.89. The highest BCUT2D eigenvalue weighted by atomic mass is 28.3. The summed E-state index contributed by atoms with van der Waals surface area (Å²) in [6, 6.07) is 82.1. The summed E-state index contributed by atoms with van der Waals surface area (Å²) in [4.78, 5) is 16.2. The zero-order chi connectivity index (χ0) is 42.8. The molecule has 0 saturated carbocycles. The van der Waals surface area contributed by atoms with Crippen LogP contribution in [0.3, 0.4) is 0 Å². The van der Waals surface area contributed by atoms with Crippen molar-refractivity contribution in [2.24, 2.45) is 0 Å². The Balaban J connectivity index is 1.16. The third-order valence-electron chi connectivity index (χ3n) is 13.6. The highest BCUT2D eigenvalue weighted by Crippen LogP contribution is 2.40. The summed E-state index contributed by atoms with van der Waals surface area (Å²) in [5.41, 5.74) is 12.9. The summed E-state index contributed by atoms with van der Waals surface area (Å²) in [6.07, 6.45) is 0. The third-order valence-corrected chi connectivity index (χ3v) is 22.1. The second-order valence-corrected chi connectivity index (χ2v) is 25.5. The second kappa shape index (κ2) is 15.1. The molecule has 0 N–H and O–H groups in total. The molecule has 3 nitrogen and oxygen atoms in total. The normalized spacial score (nSPS) is 13.7. The van der Waals surface area contributed by atoms with Crippen LogP contribution in [0.4, 0.5) is 0 Å². The van der Waals surface area contributed by atoms with Gasteiger partial charge in [0, 0.05) is 16.7 Å². The van der Waals surface area contributed by atoms with E-state index in [1.54, 1.807) is 0 Å². The summed E-state index contributed by atoms with van der Waals surface area (Å²) >= 11 is 0. The van der Waals surface area contributed by atoms with E-state index in [2.05, 4.69) is 231 Å².